The van der Waals surface area contributed by atoms with Crippen LogP contribution < -0.4 is 10.5 Å². The largest absolute Gasteiger partial charge is 0.434 e. The first-order valence-electron chi connectivity index (χ1n) is 9.79. The van der Waals surface area contributed by atoms with Crippen LogP contribution in [-0.4, -0.2) is 35.9 Å². The predicted molar refractivity (Wildman–Crippen MR) is 120 cm³/mol. The van der Waals surface area contributed by atoms with Gasteiger partial charge in [0.25, 0.3) is 5.91 Å². The van der Waals surface area contributed by atoms with Gasteiger partial charge >= 0.3 is 16.0 Å². The second-order valence-electron chi connectivity index (χ2n) is 7.55. The fourth-order valence-corrected chi connectivity index (χ4v) is 4.77. The van der Waals surface area contributed by atoms with E-state index >= 15 is 0 Å². The molecule has 0 saturated carbocycles. The molecule has 9 nitrogen and oxygen atoms in total. The first-order valence-corrected chi connectivity index (χ1v) is 11.6. The first-order chi connectivity index (χ1) is 15.4. The van der Waals surface area contributed by atoms with Crippen LogP contribution in [0.25, 0.3) is 0 Å². The van der Waals surface area contributed by atoms with Gasteiger partial charge in [-0.05, 0) is 60.9 Å². The van der Waals surface area contributed by atoms with Crippen molar-refractivity contribution >= 4 is 27.7 Å². The molecule has 0 spiro atoms. The highest BCUT2D eigenvalue weighted by Crippen LogP contribution is 2.38. The molecule has 1 aromatic heterocycles. The van der Waals surface area contributed by atoms with Gasteiger partial charge in [0.2, 0.25) is 5.89 Å². The monoisotopic (exact) mass is 496 g/mol. The summed E-state index contributed by atoms with van der Waals surface area (Å²) >= 11 is 5.81. The number of carbonyl (C=O) groups excluding carboxylic acids is 1. The van der Waals surface area contributed by atoms with E-state index in [-0.39, 0.29) is 17.0 Å². The van der Waals surface area contributed by atoms with Gasteiger partial charge in [-0.2, -0.15) is 12.7 Å². The van der Waals surface area contributed by atoms with E-state index in [2.05, 4.69) is 10.2 Å². The number of carbonyl (C=O) groups is 1. The van der Waals surface area contributed by atoms with Crippen molar-refractivity contribution in [2.75, 3.05) is 7.05 Å². The number of aromatic nitrogens is 2. The molecule has 176 valence electrons. The molecule has 2 aromatic carbocycles. The molecule has 0 saturated heterocycles. The zero-order valence-corrected chi connectivity index (χ0v) is 19.8. The number of benzene rings is 2. The second kappa shape index (κ2) is 9.46. The number of nitrogens with zero attached hydrogens (tertiary/aromatic N) is 2. The summed E-state index contributed by atoms with van der Waals surface area (Å²) in [5, 5.41) is 6.23. The lowest BCUT2D eigenvalue weighted by atomic mass is 9.87. The van der Waals surface area contributed by atoms with E-state index in [0.29, 0.717) is 10.6 Å². The van der Waals surface area contributed by atoms with Crippen LogP contribution in [0.1, 0.15) is 51.8 Å². The van der Waals surface area contributed by atoms with Crippen molar-refractivity contribution in [3.8, 4) is 0 Å². The summed E-state index contributed by atoms with van der Waals surface area (Å²) in [5.41, 5.74) is 1.70. The Morgan fingerprint density at radius 3 is 2.42 bits per heavy atom. The van der Waals surface area contributed by atoms with Crippen LogP contribution in [0.5, 0.6) is 0 Å². The number of amides is 1. The third-order valence-corrected chi connectivity index (χ3v) is 7.15. The topological polar surface area (TPSA) is 125 Å². The Morgan fingerprint density at radius 2 is 1.85 bits per heavy atom. The van der Waals surface area contributed by atoms with E-state index < -0.39 is 39.6 Å². The van der Waals surface area contributed by atoms with Crippen LogP contribution in [0.4, 0.5) is 4.39 Å². The summed E-state index contributed by atoms with van der Waals surface area (Å²) in [6.45, 7) is 5.08. The van der Waals surface area contributed by atoms with Crippen molar-refractivity contribution in [3.63, 3.8) is 0 Å². The van der Waals surface area contributed by atoms with Crippen molar-refractivity contribution in [2.45, 2.75) is 32.7 Å². The zero-order chi connectivity index (χ0) is 24.5. The van der Waals surface area contributed by atoms with Crippen molar-refractivity contribution < 1.29 is 22.0 Å². The Labute approximate surface area is 194 Å². The minimum atomic E-state index is -4.48. The number of H-pyrrole nitrogens is 1. The standard InChI is InChI=1S/C21H22ClFN4O5S/c1-11-5-10-16(23)17(12(11)2)13(3)18(20-24-25-21(29)32-20)27(4)33(30,31)26-19(28)14-6-8-15(22)9-7-14/h5-10,13,18H,1-4H3,(H,25,29)(H,26,28). The maximum absolute atomic E-state index is 14.8. The fourth-order valence-electron chi connectivity index (χ4n) is 3.57. The van der Waals surface area contributed by atoms with Crippen molar-refractivity contribution in [1.29, 1.82) is 0 Å². The summed E-state index contributed by atoms with van der Waals surface area (Å²) in [6.07, 6.45) is 0. The molecule has 3 aromatic rings. The minimum Gasteiger partial charge on any atom is -0.391 e. The van der Waals surface area contributed by atoms with E-state index in [9.17, 15) is 22.4 Å². The molecule has 2 unspecified atom stereocenters. The van der Waals surface area contributed by atoms with Gasteiger partial charge in [-0.1, -0.05) is 24.6 Å². The highest BCUT2D eigenvalue weighted by atomic mass is 35.5. The molecule has 12 heteroatoms. The van der Waals surface area contributed by atoms with Crippen LogP contribution in [0, 0.1) is 19.7 Å². The zero-order valence-electron chi connectivity index (χ0n) is 18.2. The molecule has 0 bridgehead atoms. The Hall–Kier alpha value is -3.02. The van der Waals surface area contributed by atoms with Gasteiger partial charge in [-0.3, -0.25) is 4.79 Å². The minimum absolute atomic E-state index is 0.0628. The van der Waals surface area contributed by atoms with Crippen molar-refractivity contribution in [3.05, 3.63) is 85.9 Å². The van der Waals surface area contributed by atoms with Crippen molar-refractivity contribution in [1.82, 2.24) is 19.2 Å². The summed E-state index contributed by atoms with van der Waals surface area (Å²) < 4.78 is 48.8. The average molecular weight is 497 g/mol. The van der Waals surface area contributed by atoms with E-state index in [1.165, 1.54) is 37.4 Å². The number of hydrogen-bond acceptors (Lipinski definition) is 6. The second-order valence-corrected chi connectivity index (χ2v) is 9.71. The molecule has 0 aliphatic rings. The molecule has 0 radical (unpaired) electrons. The first kappa shape index (κ1) is 24.6. The highest BCUT2D eigenvalue weighted by molar-refractivity contribution is 7.87. The van der Waals surface area contributed by atoms with Crippen LogP contribution >= 0.6 is 11.6 Å². The molecular weight excluding hydrogens is 475 g/mol. The Morgan fingerprint density at radius 1 is 1.21 bits per heavy atom. The Bertz CT molecular complexity index is 1340. The SMILES string of the molecule is Cc1ccc(F)c(C(C)C(c2n[nH]c(=O)o2)N(C)S(=O)(=O)NC(=O)c2ccc(Cl)cc2)c1C. The van der Waals surface area contributed by atoms with Gasteiger partial charge in [0.1, 0.15) is 11.9 Å². The van der Waals surface area contributed by atoms with Crippen molar-refractivity contribution in [2.24, 2.45) is 0 Å². The lowest BCUT2D eigenvalue weighted by Gasteiger charge is -2.30. The quantitative estimate of drug-likeness (QED) is 0.517. The maximum atomic E-state index is 14.8. The molecule has 2 N–H and O–H groups in total. The van der Waals surface area contributed by atoms with E-state index in [1.54, 1.807) is 26.8 Å². The fraction of sp³-hybridized carbons (Fsp3) is 0.286. The number of aryl methyl sites for hydroxylation is 1. The van der Waals surface area contributed by atoms with E-state index in [0.717, 1.165) is 9.87 Å². The van der Waals surface area contributed by atoms with Gasteiger partial charge in [-0.15, -0.1) is 5.10 Å². The summed E-state index contributed by atoms with van der Waals surface area (Å²) in [7, 11) is -3.31. The van der Waals surface area contributed by atoms with Crippen LogP contribution in [-0.2, 0) is 10.2 Å². The molecule has 33 heavy (non-hydrogen) atoms. The molecule has 0 aliphatic carbocycles. The van der Waals surface area contributed by atoms with Gasteiger partial charge < -0.3 is 4.42 Å². The Balaban J connectivity index is 2.02. The highest BCUT2D eigenvalue weighted by Gasteiger charge is 2.38. The molecular formula is C21H22ClFN4O5S. The lowest BCUT2D eigenvalue weighted by molar-refractivity contribution is 0.0977. The number of aromatic amines is 1. The van der Waals surface area contributed by atoms with Crippen LogP contribution in [0.15, 0.2) is 45.6 Å². The number of likely N-dealkylation sites (N-methyl/N-ethyl adjacent to an activating group) is 1. The lowest BCUT2D eigenvalue weighted by Crippen LogP contribution is -2.44. The Kier molecular flexibility index (Phi) is 7.06. The number of rotatable bonds is 7. The third kappa shape index (κ3) is 5.15. The molecule has 0 aliphatic heterocycles. The molecule has 2 atom stereocenters. The number of halogens is 2. The maximum Gasteiger partial charge on any atom is 0.434 e. The van der Waals surface area contributed by atoms with Gasteiger partial charge in [0, 0.05) is 23.6 Å². The average Bonchev–Trinajstić information content (AvgIpc) is 3.17. The number of nitrogens with one attached hydrogen (secondary N) is 2. The summed E-state index contributed by atoms with van der Waals surface area (Å²) in [5.74, 6) is -3.47. The number of hydrogen-bond donors (Lipinski definition) is 2. The van der Waals surface area contributed by atoms with Gasteiger partial charge in [0.05, 0.1) is 0 Å². The molecule has 1 amide bonds. The smallest absolute Gasteiger partial charge is 0.391 e. The summed E-state index contributed by atoms with van der Waals surface area (Å²) in [6, 6.07) is 7.25. The molecule has 3 rings (SSSR count). The summed E-state index contributed by atoms with van der Waals surface area (Å²) in [4.78, 5) is 24.1. The molecule has 1 heterocycles. The van der Waals surface area contributed by atoms with E-state index in [1.807, 2.05) is 4.72 Å². The molecule has 0 fully saturated rings. The van der Waals surface area contributed by atoms with Gasteiger partial charge in [0.15, 0.2) is 0 Å². The normalized spacial score (nSPS) is 13.7. The van der Waals surface area contributed by atoms with E-state index in [4.69, 9.17) is 16.0 Å². The van der Waals surface area contributed by atoms with Crippen LogP contribution in [0.3, 0.4) is 0 Å². The van der Waals surface area contributed by atoms with Gasteiger partial charge in [-0.25, -0.2) is 19.0 Å². The predicted octanol–water partition coefficient (Wildman–Crippen LogP) is 3.22. The van der Waals surface area contributed by atoms with Crippen LogP contribution in [0.2, 0.25) is 5.02 Å². The third-order valence-electron chi connectivity index (χ3n) is 5.47.